The summed E-state index contributed by atoms with van der Waals surface area (Å²) in [6.07, 6.45) is 4.06. The van der Waals surface area contributed by atoms with Crippen molar-refractivity contribution < 1.29 is 47.2 Å². The summed E-state index contributed by atoms with van der Waals surface area (Å²) in [7, 11) is 0. The summed E-state index contributed by atoms with van der Waals surface area (Å²) in [5.74, 6) is -0.368. The largest absolute Gasteiger partial charge is 1.00 e. The van der Waals surface area contributed by atoms with E-state index in [9.17, 15) is 0 Å². The van der Waals surface area contributed by atoms with E-state index in [4.69, 9.17) is 0 Å². The summed E-state index contributed by atoms with van der Waals surface area (Å²) >= 11 is -0.251. The number of rotatable bonds is 7. The first kappa shape index (κ1) is 22.6. The molecule has 0 bridgehead atoms. The van der Waals surface area contributed by atoms with E-state index >= 15 is 0 Å². The van der Waals surface area contributed by atoms with E-state index in [1.807, 2.05) is 5.57 Å². The third kappa shape index (κ3) is 5.07. The molecule has 1 aliphatic carbocycles. The van der Waals surface area contributed by atoms with Crippen LogP contribution in [0.2, 0.25) is 12.1 Å². The van der Waals surface area contributed by atoms with E-state index in [0.29, 0.717) is 0 Å². The molecule has 1 aromatic rings. The Balaban J connectivity index is 0.00000220. The van der Waals surface area contributed by atoms with Crippen LogP contribution in [0.4, 0.5) is 0 Å². The minimum Gasteiger partial charge on any atom is -1.00 e. The molecule has 0 radical (unpaired) electrons. The van der Waals surface area contributed by atoms with E-state index in [2.05, 4.69) is 52.0 Å². The average molecular weight is 435 g/mol. The summed E-state index contributed by atoms with van der Waals surface area (Å²) in [4.78, 5) is 0. The molecule has 0 amide bonds. The normalized spacial score (nSPS) is 16.0. The van der Waals surface area contributed by atoms with Gasteiger partial charge in [0.05, 0.1) is 0 Å². The second-order valence-electron chi connectivity index (χ2n) is 5.95. The molecule has 1 atom stereocenters. The Kier molecular flexibility index (Phi) is 11.6. The minimum atomic E-state index is -0.368. The molecule has 0 saturated heterocycles. The van der Waals surface area contributed by atoms with Crippen LogP contribution in [0.3, 0.4) is 0 Å². The van der Waals surface area contributed by atoms with Crippen LogP contribution in [0.25, 0.3) is 5.57 Å². The van der Waals surface area contributed by atoms with Crippen LogP contribution < -0.4 is 24.8 Å². The van der Waals surface area contributed by atoms with Gasteiger partial charge in [-0.15, -0.1) is 0 Å². The third-order valence-corrected chi connectivity index (χ3v) is 21.0. The number of halogens is 2. The molecule has 122 valence electrons. The summed E-state index contributed by atoms with van der Waals surface area (Å²) in [5, 5.41) is 0. The molecule has 0 heterocycles. The Morgan fingerprint density at radius 2 is 1.68 bits per heavy atom. The quantitative estimate of drug-likeness (QED) is 0.511. The molecule has 1 aromatic carbocycles. The molecule has 4 heteroatoms. The maximum Gasteiger partial charge on any atom is -1.00 e. The number of unbranched alkanes of at least 4 members (excludes halogenated alkanes) is 1. The van der Waals surface area contributed by atoms with Gasteiger partial charge in [0.1, 0.15) is 0 Å². The zero-order valence-corrected chi connectivity index (χ0v) is 19.4. The monoisotopic (exact) mass is 432 g/mol. The van der Waals surface area contributed by atoms with Gasteiger partial charge >= 0.3 is 138 Å². The molecule has 0 nitrogen and oxygen atoms in total. The van der Waals surface area contributed by atoms with E-state index in [1.165, 1.54) is 31.4 Å². The molecule has 0 saturated carbocycles. The second kappa shape index (κ2) is 11.2. The topological polar surface area (TPSA) is 0 Å². The molecule has 0 N–H and O–H groups in total. The predicted octanol–water partition coefficient (Wildman–Crippen LogP) is -0.441. The van der Waals surface area contributed by atoms with Gasteiger partial charge < -0.3 is 24.8 Å². The van der Waals surface area contributed by atoms with E-state index in [0.717, 1.165) is 3.63 Å². The maximum absolute atomic E-state index is 2.45. The first-order valence-corrected chi connectivity index (χ1v) is 16.2. The van der Waals surface area contributed by atoms with Crippen LogP contribution in [-0.4, -0.2) is 5.92 Å². The Morgan fingerprint density at radius 1 is 1.05 bits per heavy atom. The van der Waals surface area contributed by atoms with Crippen molar-refractivity contribution in [2.45, 2.75) is 62.7 Å². The van der Waals surface area contributed by atoms with Crippen molar-refractivity contribution in [1.82, 2.24) is 0 Å². The molecule has 0 fully saturated rings. The summed E-state index contributed by atoms with van der Waals surface area (Å²) in [5.41, 5.74) is 6.78. The van der Waals surface area contributed by atoms with E-state index < -0.39 is 0 Å². The Morgan fingerprint density at radius 3 is 2.27 bits per heavy atom. The number of fused-ring (bicyclic) bond motifs is 1. The standard InChI is InChI=1S/C14H17.C4H11Si.2ClH.Zr/c1-3-4-7-12-10-13-8-5-6-9-14(13)11(12)2;1-3-5-4-2;;;/h5-6,8-10H,3-4,7H2,1-2H3;5H,3-4H2,1-2H3;2*1H;/q;;;;+2/p-2. The second-order valence-corrected chi connectivity index (χ2v) is 19.2. The van der Waals surface area contributed by atoms with E-state index in [-0.39, 0.29) is 53.1 Å². The van der Waals surface area contributed by atoms with Crippen molar-refractivity contribution in [3.63, 3.8) is 0 Å². The summed E-state index contributed by atoms with van der Waals surface area (Å²) < 4.78 is 0.929. The molecular weight excluding hydrogens is 406 g/mol. The zero-order valence-electron chi connectivity index (χ0n) is 14.3. The van der Waals surface area contributed by atoms with Crippen molar-refractivity contribution >= 4 is 11.5 Å². The van der Waals surface area contributed by atoms with Crippen molar-refractivity contribution in [2.24, 2.45) is 0 Å². The Bertz CT molecular complexity index is 484. The molecular formula is C18H28Cl2SiZr. The number of hydrogen-bond donors (Lipinski definition) is 0. The van der Waals surface area contributed by atoms with Gasteiger partial charge in [-0.05, 0) is 0 Å². The summed E-state index contributed by atoms with van der Waals surface area (Å²) in [6.45, 7) is 9.61. The molecule has 0 spiro atoms. The molecule has 0 aliphatic heterocycles. The zero-order chi connectivity index (χ0) is 14.5. The molecule has 22 heavy (non-hydrogen) atoms. The average Bonchev–Trinajstić information content (AvgIpc) is 2.75. The first-order chi connectivity index (χ1) is 9.72. The van der Waals surface area contributed by atoms with Gasteiger partial charge in [0, 0.05) is 0 Å². The van der Waals surface area contributed by atoms with Gasteiger partial charge in [0.2, 0.25) is 0 Å². The van der Waals surface area contributed by atoms with Crippen LogP contribution in [0, 0.1) is 0 Å². The van der Waals surface area contributed by atoms with Gasteiger partial charge in [0.15, 0.2) is 0 Å². The Labute approximate surface area is 161 Å². The van der Waals surface area contributed by atoms with Gasteiger partial charge in [-0.25, -0.2) is 0 Å². The number of benzene rings is 1. The Hall–Kier alpha value is 0.640. The van der Waals surface area contributed by atoms with Crippen molar-refractivity contribution in [2.75, 3.05) is 0 Å². The van der Waals surface area contributed by atoms with Crippen molar-refractivity contribution in [3.05, 3.63) is 41.0 Å². The number of hydrogen-bond acceptors (Lipinski definition) is 0. The number of allylic oxidation sites excluding steroid dienone is 2. The fourth-order valence-electron chi connectivity index (χ4n) is 3.32. The van der Waals surface area contributed by atoms with Crippen LogP contribution >= 0.6 is 0 Å². The molecule has 0 aromatic heterocycles. The fraction of sp³-hybridized carbons (Fsp3) is 0.556. The van der Waals surface area contributed by atoms with Gasteiger partial charge in [-0.3, -0.25) is 0 Å². The minimum absolute atomic E-state index is 0. The van der Waals surface area contributed by atoms with Crippen LogP contribution in [0.1, 0.15) is 61.7 Å². The van der Waals surface area contributed by atoms with Gasteiger partial charge in [-0.1, -0.05) is 0 Å². The first-order valence-electron chi connectivity index (χ1n) is 8.27. The SMILES string of the molecule is CCCCC1=C(C)c2ccccc2[CH]1[Zr+2][SiH](CC)CC.[Cl-].[Cl-]. The van der Waals surface area contributed by atoms with Crippen LogP contribution in [0.5, 0.6) is 0 Å². The summed E-state index contributed by atoms with van der Waals surface area (Å²) in [6, 6.07) is 12.3. The third-order valence-electron chi connectivity index (χ3n) is 4.69. The van der Waals surface area contributed by atoms with Crippen LogP contribution in [-0.2, 0) is 22.4 Å². The molecule has 1 aliphatic rings. The van der Waals surface area contributed by atoms with Crippen molar-refractivity contribution in [3.8, 4) is 0 Å². The molecule has 1 unspecified atom stereocenters. The van der Waals surface area contributed by atoms with Gasteiger partial charge in [-0.2, -0.15) is 0 Å². The smallest absolute Gasteiger partial charge is 1.00 e. The van der Waals surface area contributed by atoms with E-state index in [1.54, 1.807) is 16.7 Å². The fourth-order valence-corrected chi connectivity index (χ4v) is 16.5. The maximum atomic E-state index is 2.45. The predicted molar refractivity (Wildman–Crippen MR) is 89.4 cm³/mol. The van der Waals surface area contributed by atoms with Crippen molar-refractivity contribution in [1.29, 1.82) is 0 Å². The molecule has 2 rings (SSSR count). The van der Waals surface area contributed by atoms with Crippen LogP contribution in [0.15, 0.2) is 29.8 Å². The van der Waals surface area contributed by atoms with Gasteiger partial charge in [0.25, 0.3) is 0 Å².